The standard InChI is InChI=1S/C25H29FN2O4/c1-5-27(6-2)13-14-28-22(17-7-9-18(26)10-8-17)21(24(30)25(28)31)23(29)20-12-11-19(32-4)15-16(20)3/h7-12,15,22,29H,5-6,13-14H2,1-4H3/b23-21+/t22-/m1/s1. The van der Waals surface area contributed by atoms with E-state index in [4.69, 9.17) is 4.74 Å². The van der Waals surface area contributed by atoms with Gasteiger partial charge in [0.1, 0.15) is 17.3 Å². The molecule has 2 aromatic rings. The summed E-state index contributed by atoms with van der Waals surface area (Å²) in [6.07, 6.45) is 0. The molecule has 0 aromatic heterocycles. The molecule has 1 fully saturated rings. The molecule has 1 saturated heterocycles. The zero-order valence-corrected chi connectivity index (χ0v) is 18.9. The molecule has 0 aliphatic carbocycles. The van der Waals surface area contributed by atoms with Crippen molar-refractivity contribution < 1.29 is 23.8 Å². The average molecular weight is 441 g/mol. The third-order valence-electron chi connectivity index (χ3n) is 5.97. The molecule has 32 heavy (non-hydrogen) atoms. The summed E-state index contributed by atoms with van der Waals surface area (Å²) >= 11 is 0. The van der Waals surface area contributed by atoms with Crippen LogP contribution in [0.15, 0.2) is 48.0 Å². The lowest BCUT2D eigenvalue weighted by atomic mass is 9.94. The number of hydrogen-bond acceptors (Lipinski definition) is 5. The quantitative estimate of drug-likeness (QED) is 0.383. The van der Waals surface area contributed by atoms with Crippen LogP contribution in [0.4, 0.5) is 4.39 Å². The van der Waals surface area contributed by atoms with Crippen LogP contribution in [0, 0.1) is 12.7 Å². The Balaban J connectivity index is 2.12. The fraction of sp³-hybridized carbons (Fsp3) is 0.360. The van der Waals surface area contributed by atoms with Crippen molar-refractivity contribution in [2.75, 3.05) is 33.3 Å². The smallest absolute Gasteiger partial charge is 0.295 e. The number of hydrogen-bond donors (Lipinski definition) is 1. The van der Waals surface area contributed by atoms with Gasteiger partial charge in [-0.15, -0.1) is 0 Å². The maximum absolute atomic E-state index is 13.6. The van der Waals surface area contributed by atoms with E-state index in [1.54, 1.807) is 44.4 Å². The van der Waals surface area contributed by atoms with Gasteiger partial charge in [-0.3, -0.25) is 9.59 Å². The van der Waals surface area contributed by atoms with Crippen LogP contribution in [0.3, 0.4) is 0 Å². The van der Waals surface area contributed by atoms with Crippen LogP contribution in [0.1, 0.15) is 36.6 Å². The van der Waals surface area contributed by atoms with Crippen LogP contribution in [-0.2, 0) is 9.59 Å². The van der Waals surface area contributed by atoms with Crippen molar-refractivity contribution in [1.82, 2.24) is 9.80 Å². The van der Waals surface area contributed by atoms with Crippen LogP contribution in [0.25, 0.3) is 5.76 Å². The van der Waals surface area contributed by atoms with Crippen molar-refractivity contribution in [3.63, 3.8) is 0 Å². The Hall–Kier alpha value is -3.19. The lowest BCUT2D eigenvalue weighted by Gasteiger charge is -2.28. The number of rotatable bonds is 8. The molecule has 1 amide bonds. The predicted octanol–water partition coefficient (Wildman–Crippen LogP) is 3.91. The number of aliphatic hydroxyl groups excluding tert-OH is 1. The van der Waals surface area contributed by atoms with E-state index in [1.165, 1.54) is 17.0 Å². The molecule has 1 aliphatic heterocycles. The topological polar surface area (TPSA) is 70.1 Å². The van der Waals surface area contributed by atoms with Gasteiger partial charge in [0, 0.05) is 18.7 Å². The molecule has 6 nitrogen and oxygen atoms in total. The van der Waals surface area contributed by atoms with E-state index in [0.717, 1.165) is 13.1 Å². The van der Waals surface area contributed by atoms with E-state index >= 15 is 0 Å². The molecule has 1 atom stereocenters. The zero-order chi connectivity index (χ0) is 23.4. The summed E-state index contributed by atoms with van der Waals surface area (Å²) in [6, 6.07) is 9.97. The number of carbonyl (C=O) groups is 2. The van der Waals surface area contributed by atoms with E-state index < -0.39 is 23.5 Å². The normalized spacial score (nSPS) is 17.9. The molecule has 0 bridgehead atoms. The Bertz CT molecular complexity index is 1030. The molecular formula is C25H29FN2O4. The van der Waals surface area contributed by atoms with Crippen LogP contribution >= 0.6 is 0 Å². The minimum atomic E-state index is -0.798. The highest BCUT2D eigenvalue weighted by molar-refractivity contribution is 6.46. The Morgan fingerprint density at radius 2 is 1.78 bits per heavy atom. The fourth-order valence-corrected chi connectivity index (χ4v) is 4.07. The predicted molar refractivity (Wildman–Crippen MR) is 121 cm³/mol. The maximum atomic E-state index is 13.6. The molecule has 0 spiro atoms. The number of aliphatic hydroxyl groups is 1. The minimum Gasteiger partial charge on any atom is -0.507 e. The summed E-state index contributed by atoms with van der Waals surface area (Å²) in [5.74, 6) is -1.46. The van der Waals surface area contributed by atoms with Crippen molar-refractivity contribution >= 4 is 17.4 Å². The van der Waals surface area contributed by atoms with Gasteiger partial charge >= 0.3 is 0 Å². The highest BCUT2D eigenvalue weighted by Gasteiger charge is 2.46. The number of methoxy groups -OCH3 is 1. The lowest BCUT2D eigenvalue weighted by molar-refractivity contribution is -0.140. The molecule has 1 aliphatic rings. The second-order valence-corrected chi connectivity index (χ2v) is 7.75. The van der Waals surface area contributed by atoms with Crippen molar-refractivity contribution in [3.05, 3.63) is 70.5 Å². The lowest BCUT2D eigenvalue weighted by Crippen LogP contribution is -2.38. The van der Waals surface area contributed by atoms with E-state index in [9.17, 15) is 19.1 Å². The second kappa shape index (κ2) is 9.96. The molecule has 0 radical (unpaired) electrons. The number of ether oxygens (including phenoxy) is 1. The molecule has 3 rings (SSSR count). The molecule has 1 N–H and O–H groups in total. The first kappa shape index (κ1) is 23.5. The van der Waals surface area contributed by atoms with Gasteiger partial charge in [-0.2, -0.15) is 0 Å². The summed E-state index contributed by atoms with van der Waals surface area (Å²) in [5, 5.41) is 11.2. The van der Waals surface area contributed by atoms with Gasteiger partial charge in [-0.25, -0.2) is 4.39 Å². The number of ketones is 1. The Labute approximate surface area is 187 Å². The van der Waals surface area contributed by atoms with Crippen molar-refractivity contribution in [2.24, 2.45) is 0 Å². The summed E-state index contributed by atoms with van der Waals surface area (Å²) in [6.45, 7) is 8.37. The van der Waals surface area contributed by atoms with Crippen molar-refractivity contribution in [2.45, 2.75) is 26.8 Å². The zero-order valence-electron chi connectivity index (χ0n) is 18.9. The second-order valence-electron chi connectivity index (χ2n) is 7.75. The molecule has 7 heteroatoms. The average Bonchev–Trinajstić information content (AvgIpc) is 3.04. The van der Waals surface area contributed by atoms with E-state index in [0.29, 0.717) is 35.5 Å². The Morgan fingerprint density at radius 1 is 1.12 bits per heavy atom. The van der Waals surface area contributed by atoms with Crippen molar-refractivity contribution in [1.29, 1.82) is 0 Å². The van der Waals surface area contributed by atoms with Gasteiger partial charge < -0.3 is 19.6 Å². The Kier molecular flexibility index (Phi) is 7.30. The number of halogens is 1. The number of Topliss-reactive ketones (excluding diaryl/α,β-unsaturated/α-hetero) is 1. The number of nitrogens with zero attached hydrogens (tertiary/aromatic N) is 2. The van der Waals surface area contributed by atoms with Gasteiger partial charge in [0.15, 0.2) is 0 Å². The van der Waals surface area contributed by atoms with Crippen molar-refractivity contribution in [3.8, 4) is 5.75 Å². The Morgan fingerprint density at radius 3 is 2.34 bits per heavy atom. The van der Waals surface area contributed by atoms with Crippen LogP contribution < -0.4 is 4.74 Å². The molecule has 2 aromatic carbocycles. The van der Waals surface area contributed by atoms with Crippen LogP contribution in [0.5, 0.6) is 5.75 Å². The van der Waals surface area contributed by atoms with Crippen LogP contribution in [0.2, 0.25) is 0 Å². The summed E-state index contributed by atoms with van der Waals surface area (Å²) < 4.78 is 18.8. The van der Waals surface area contributed by atoms with Crippen LogP contribution in [-0.4, -0.2) is 59.9 Å². The van der Waals surface area contributed by atoms with E-state index in [1.807, 2.05) is 13.8 Å². The number of aryl methyl sites for hydroxylation is 1. The molecule has 0 saturated carbocycles. The van der Waals surface area contributed by atoms with E-state index in [2.05, 4.69) is 4.90 Å². The third-order valence-corrected chi connectivity index (χ3v) is 5.97. The third kappa shape index (κ3) is 4.53. The van der Waals surface area contributed by atoms with Gasteiger partial charge in [-0.05, 0) is 61.5 Å². The highest BCUT2D eigenvalue weighted by Crippen LogP contribution is 2.40. The summed E-state index contributed by atoms with van der Waals surface area (Å²) in [5.41, 5.74) is 1.72. The monoisotopic (exact) mass is 440 g/mol. The SMILES string of the molecule is CCN(CC)CCN1C(=O)C(=O)/C(=C(/O)c2ccc(OC)cc2C)[C@H]1c1ccc(F)cc1. The number of amides is 1. The first-order valence-corrected chi connectivity index (χ1v) is 10.7. The number of likely N-dealkylation sites (tertiary alicyclic amines) is 1. The summed E-state index contributed by atoms with van der Waals surface area (Å²) in [4.78, 5) is 29.7. The fourth-order valence-electron chi connectivity index (χ4n) is 4.07. The first-order chi connectivity index (χ1) is 15.3. The molecular weight excluding hydrogens is 411 g/mol. The van der Waals surface area contributed by atoms with Gasteiger partial charge in [-0.1, -0.05) is 26.0 Å². The first-order valence-electron chi connectivity index (χ1n) is 10.7. The number of benzene rings is 2. The minimum absolute atomic E-state index is 0.00872. The van der Waals surface area contributed by atoms with E-state index in [-0.39, 0.29) is 11.3 Å². The van der Waals surface area contributed by atoms with Gasteiger partial charge in [0.2, 0.25) is 0 Å². The van der Waals surface area contributed by atoms with Gasteiger partial charge in [0.25, 0.3) is 11.7 Å². The van der Waals surface area contributed by atoms with Gasteiger partial charge in [0.05, 0.1) is 18.7 Å². The molecule has 170 valence electrons. The number of carbonyl (C=O) groups excluding carboxylic acids is 2. The molecule has 1 heterocycles. The highest BCUT2D eigenvalue weighted by atomic mass is 19.1. The number of likely N-dealkylation sites (N-methyl/N-ethyl adjacent to an activating group) is 1. The molecule has 0 unspecified atom stereocenters. The maximum Gasteiger partial charge on any atom is 0.295 e. The summed E-state index contributed by atoms with van der Waals surface area (Å²) in [7, 11) is 1.55. The largest absolute Gasteiger partial charge is 0.507 e.